The number of nitrogens with one attached hydrogen (secondary N) is 1. The number of fused-ring (bicyclic) bond motifs is 4. The van der Waals surface area contributed by atoms with Gasteiger partial charge in [-0.2, -0.15) is 0 Å². The number of hydrogen-bond acceptors (Lipinski definition) is 4. The molecule has 0 spiro atoms. The number of ether oxygens (including phenoxy) is 1. The Bertz CT molecular complexity index is 855. The molecule has 0 radical (unpaired) electrons. The summed E-state index contributed by atoms with van der Waals surface area (Å²) in [6.07, 6.45) is 0.528. The van der Waals surface area contributed by atoms with Crippen LogP contribution in [0.1, 0.15) is 30.5 Å². The van der Waals surface area contributed by atoms with Crippen LogP contribution in [0.3, 0.4) is 0 Å². The Morgan fingerprint density at radius 3 is 2.80 bits per heavy atom. The van der Waals surface area contributed by atoms with E-state index in [-0.39, 0.29) is 17.8 Å². The number of urea groups is 1. The zero-order valence-corrected chi connectivity index (χ0v) is 13.6. The molecule has 2 amide bonds. The summed E-state index contributed by atoms with van der Waals surface area (Å²) in [4.78, 5) is 24.9. The highest BCUT2D eigenvalue weighted by molar-refractivity contribution is 5.77. The van der Waals surface area contributed by atoms with Crippen molar-refractivity contribution in [2.24, 2.45) is 0 Å². The van der Waals surface area contributed by atoms with Gasteiger partial charge in [0, 0.05) is 24.1 Å². The van der Waals surface area contributed by atoms with E-state index in [1.807, 2.05) is 37.3 Å². The second-order valence-corrected chi connectivity index (χ2v) is 6.53. The highest BCUT2D eigenvalue weighted by atomic mass is 16.6. The summed E-state index contributed by atoms with van der Waals surface area (Å²) in [6, 6.07) is 13.7. The van der Waals surface area contributed by atoms with Crippen molar-refractivity contribution < 1.29 is 14.5 Å². The number of carbonyl (C=O) groups is 1. The second-order valence-electron chi connectivity index (χ2n) is 6.53. The van der Waals surface area contributed by atoms with Crippen LogP contribution in [0.25, 0.3) is 0 Å². The first kappa shape index (κ1) is 15.4. The lowest BCUT2D eigenvalue weighted by Gasteiger charge is -2.50. The molecule has 0 saturated carbocycles. The second kappa shape index (κ2) is 5.47. The van der Waals surface area contributed by atoms with Gasteiger partial charge < -0.3 is 10.1 Å². The molecule has 2 aliphatic rings. The van der Waals surface area contributed by atoms with Crippen molar-refractivity contribution in [1.29, 1.82) is 0 Å². The van der Waals surface area contributed by atoms with E-state index in [0.29, 0.717) is 24.3 Å². The van der Waals surface area contributed by atoms with Crippen molar-refractivity contribution in [2.75, 3.05) is 0 Å². The molecule has 7 heteroatoms. The molecule has 0 unspecified atom stereocenters. The highest BCUT2D eigenvalue weighted by Gasteiger charge is 2.49. The van der Waals surface area contributed by atoms with Crippen molar-refractivity contribution in [1.82, 2.24) is 10.2 Å². The Balaban J connectivity index is 1.69. The van der Waals surface area contributed by atoms with Gasteiger partial charge >= 0.3 is 6.03 Å². The van der Waals surface area contributed by atoms with Crippen LogP contribution in [0, 0.1) is 10.1 Å². The first-order chi connectivity index (χ1) is 12.0. The first-order valence-corrected chi connectivity index (χ1v) is 8.06. The smallest absolute Gasteiger partial charge is 0.321 e. The lowest BCUT2D eigenvalue weighted by molar-refractivity contribution is -0.385. The highest BCUT2D eigenvalue weighted by Crippen LogP contribution is 2.45. The number of benzene rings is 2. The van der Waals surface area contributed by atoms with Crippen LogP contribution in [0.4, 0.5) is 10.5 Å². The third-order valence-corrected chi connectivity index (χ3v) is 4.79. The molecule has 25 heavy (non-hydrogen) atoms. The number of rotatable bonds is 3. The van der Waals surface area contributed by atoms with Crippen LogP contribution in [-0.2, 0) is 6.54 Å². The Morgan fingerprint density at radius 2 is 2.08 bits per heavy atom. The number of carbonyl (C=O) groups excluding carboxylic acids is 1. The van der Waals surface area contributed by atoms with Gasteiger partial charge in [-0.1, -0.05) is 30.3 Å². The van der Waals surface area contributed by atoms with Gasteiger partial charge in [0.1, 0.15) is 5.75 Å². The van der Waals surface area contributed by atoms with Crippen molar-refractivity contribution in [3.63, 3.8) is 0 Å². The normalized spacial score (nSPS) is 24.1. The quantitative estimate of drug-likeness (QED) is 0.686. The van der Waals surface area contributed by atoms with Gasteiger partial charge in [0.15, 0.2) is 5.72 Å². The van der Waals surface area contributed by atoms with Crippen LogP contribution in [0.5, 0.6) is 5.75 Å². The van der Waals surface area contributed by atoms with Crippen LogP contribution in [0.15, 0.2) is 48.5 Å². The van der Waals surface area contributed by atoms with E-state index >= 15 is 0 Å². The summed E-state index contributed by atoms with van der Waals surface area (Å²) >= 11 is 0. The topological polar surface area (TPSA) is 84.7 Å². The predicted octanol–water partition coefficient (Wildman–Crippen LogP) is 3.36. The van der Waals surface area contributed by atoms with Gasteiger partial charge in [-0.25, -0.2) is 4.79 Å². The van der Waals surface area contributed by atoms with E-state index in [1.54, 1.807) is 11.0 Å². The monoisotopic (exact) mass is 339 g/mol. The van der Waals surface area contributed by atoms with Crippen molar-refractivity contribution in [3.05, 3.63) is 69.8 Å². The lowest BCUT2D eigenvalue weighted by Crippen LogP contribution is -2.64. The number of non-ortho nitro benzene ring substituents is 1. The largest absolute Gasteiger partial charge is 0.468 e. The first-order valence-electron chi connectivity index (χ1n) is 8.06. The van der Waals surface area contributed by atoms with Crippen LogP contribution >= 0.6 is 0 Å². The number of nitrogens with zero attached hydrogens (tertiary/aromatic N) is 2. The third-order valence-electron chi connectivity index (χ3n) is 4.79. The lowest BCUT2D eigenvalue weighted by atomic mass is 9.90. The maximum Gasteiger partial charge on any atom is 0.321 e. The molecule has 0 aliphatic carbocycles. The fourth-order valence-electron chi connectivity index (χ4n) is 3.52. The van der Waals surface area contributed by atoms with Gasteiger partial charge in [-0.3, -0.25) is 15.0 Å². The molecule has 4 rings (SSSR count). The number of nitro benzene ring substituents is 1. The Labute approximate surface area is 144 Å². The van der Waals surface area contributed by atoms with Gasteiger partial charge in [-0.15, -0.1) is 0 Å². The summed E-state index contributed by atoms with van der Waals surface area (Å²) in [6.45, 7) is 2.31. The molecule has 128 valence electrons. The van der Waals surface area contributed by atoms with E-state index in [9.17, 15) is 14.9 Å². The standard InChI is InChI=1S/C18H17N3O4/c1-18-10-15(14-9-13(21(23)24)7-8-16(14)25-18)19-17(22)20(18)11-12-5-3-2-4-6-12/h2-9,15H,10-11H2,1H3,(H,19,22)/t15-,18-/m0/s1. The van der Waals surface area contributed by atoms with Crippen molar-refractivity contribution in [2.45, 2.75) is 31.7 Å². The zero-order chi connectivity index (χ0) is 17.6. The summed E-state index contributed by atoms with van der Waals surface area (Å²) in [5, 5.41) is 14.0. The summed E-state index contributed by atoms with van der Waals surface area (Å²) in [7, 11) is 0. The fraction of sp³-hybridized carbons (Fsp3) is 0.278. The zero-order valence-electron chi connectivity index (χ0n) is 13.6. The van der Waals surface area contributed by atoms with E-state index < -0.39 is 10.6 Å². The van der Waals surface area contributed by atoms with Gasteiger partial charge in [0.25, 0.3) is 5.69 Å². The van der Waals surface area contributed by atoms with Crippen LogP contribution in [0.2, 0.25) is 0 Å². The Kier molecular flexibility index (Phi) is 3.38. The Morgan fingerprint density at radius 1 is 1.32 bits per heavy atom. The van der Waals surface area contributed by atoms with Gasteiger partial charge in [0.05, 0.1) is 17.5 Å². The number of nitro groups is 1. The fourth-order valence-corrected chi connectivity index (χ4v) is 3.52. The van der Waals surface area contributed by atoms with E-state index in [1.165, 1.54) is 12.1 Å². The van der Waals surface area contributed by atoms with Gasteiger partial charge in [-0.05, 0) is 18.6 Å². The maximum absolute atomic E-state index is 12.6. The van der Waals surface area contributed by atoms with E-state index in [0.717, 1.165) is 5.56 Å². The molecule has 1 saturated heterocycles. The molecule has 1 N–H and O–H groups in total. The van der Waals surface area contributed by atoms with Crippen LogP contribution < -0.4 is 10.1 Å². The summed E-state index contributed by atoms with van der Waals surface area (Å²) < 4.78 is 6.12. The summed E-state index contributed by atoms with van der Waals surface area (Å²) in [5.74, 6) is 0.572. The molecule has 1 fully saturated rings. The molecular weight excluding hydrogens is 322 g/mol. The van der Waals surface area contributed by atoms with E-state index in [2.05, 4.69) is 5.32 Å². The maximum atomic E-state index is 12.6. The number of hydrogen-bond donors (Lipinski definition) is 1. The molecule has 2 aromatic carbocycles. The molecule has 2 bridgehead atoms. The minimum atomic E-state index is -0.800. The Hall–Kier alpha value is -3.09. The van der Waals surface area contributed by atoms with Crippen molar-refractivity contribution in [3.8, 4) is 5.75 Å². The third kappa shape index (κ3) is 2.57. The minimum Gasteiger partial charge on any atom is -0.468 e. The average Bonchev–Trinajstić information content (AvgIpc) is 2.59. The molecule has 0 aromatic heterocycles. The van der Waals surface area contributed by atoms with Crippen LogP contribution in [-0.4, -0.2) is 21.6 Å². The molecule has 7 nitrogen and oxygen atoms in total. The molecule has 2 atom stereocenters. The molecule has 2 aliphatic heterocycles. The predicted molar refractivity (Wildman–Crippen MR) is 90.0 cm³/mol. The van der Waals surface area contributed by atoms with Crippen molar-refractivity contribution >= 4 is 11.7 Å². The molecule has 2 heterocycles. The van der Waals surface area contributed by atoms with Gasteiger partial charge in [0.2, 0.25) is 0 Å². The molecular formula is C18H17N3O4. The van der Waals surface area contributed by atoms with E-state index in [4.69, 9.17) is 4.74 Å². The summed E-state index contributed by atoms with van der Waals surface area (Å²) in [5.41, 5.74) is 0.855. The SMILES string of the molecule is C[C@]12C[C@H](NC(=O)N1Cc1ccccc1)c1cc([N+](=O)[O-])ccc1O2. The average molecular weight is 339 g/mol. The molecule has 2 aromatic rings. The number of amides is 2. The minimum absolute atomic E-state index is 0.00748.